The summed E-state index contributed by atoms with van der Waals surface area (Å²) in [6.07, 6.45) is 5.67. The van der Waals surface area contributed by atoms with Crippen molar-refractivity contribution in [2.24, 2.45) is 4.99 Å². The molecule has 1 saturated heterocycles. The molecule has 30 heavy (non-hydrogen) atoms. The van der Waals surface area contributed by atoms with Crippen molar-refractivity contribution in [3.05, 3.63) is 52.0 Å². The minimum Gasteiger partial charge on any atom is -0.356 e. The van der Waals surface area contributed by atoms with Gasteiger partial charge in [-0.25, -0.2) is 4.98 Å². The third-order valence-electron chi connectivity index (χ3n) is 5.58. The molecule has 3 rings (SSSR count). The summed E-state index contributed by atoms with van der Waals surface area (Å²) >= 11 is 1.77. The molecule has 7 heteroatoms. The van der Waals surface area contributed by atoms with Gasteiger partial charge in [0.1, 0.15) is 0 Å². The lowest BCUT2D eigenvalue weighted by Crippen LogP contribution is -2.51. The van der Waals surface area contributed by atoms with Crippen LogP contribution in [0, 0.1) is 6.92 Å². The van der Waals surface area contributed by atoms with Crippen LogP contribution in [0.1, 0.15) is 48.9 Å². The van der Waals surface area contributed by atoms with E-state index in [1.54, 1.807) is 11.3 Å². The maximum absolute atomic E-state index is 4.53. The molecule has 2 heterocycles. The highest BCUT2D eigenvalue weighted by molar-refractivity contribution is 14.0. The fourth-order valence-electron chi connectivity index (χ4n) is 3.92. The van der Waals surface area contributed by atoms with Gasteiger partial charge in [0.05, 0.1) is 5.01 Å². The van der Waals surface area contributed by atoms with E-state index in [0.29, 0.717) is 12.1 Å². The fourth-order valence-corrected chi connectivity index (χ4v) is 4.74. The summed E-state index contributed by atoms with van der Waals surface area (Å²) in [6, 6.07) is 11.8. The number of nitrogens with one attached hydrogen (secondary N) is 2. The van der Waals surface area contributed by atoms with Gasteiger partial charge >= 0.3 is 0 Å². The monoisotopic (exact) mass is 541 g/mol. The smallest absolute Gasteiger partial charge is 0.191 e. The van der Waals surface area contributed by atoms with Crippen LogP contribution in [0.2, 0.25) is 0 Å². The summed E-state index contributed by atoms with van der Waals surface area (Å²) in [5.74, 6) is 0.934. The normalized spacial score (nSPS) is 19.9. The maximum Gasteiger partial charge on any atom is 0.191 e. The van der Waals surface area contributed by atoms with Crippen LogP contribution in [0.5, 0.6) is 0 Å². The van der Waals surface area contributed by atoms with Gasteiger partial charge < -0.3 is 10.6 Å². The van der Waals surface area contributed by atoms with E-state index in [1.165, 1.54) is 10.6 Å². The Bertz CT molecular complexity index is 764. The molecule has 0 spiro atoms. The number of likely N-dealkylation sites (tertiary alicyclic amines) is 1. The number of halogens is 1. The summed E-state index contributed by atoms with van der Waals surface area (Å²) < 4.78 is 0. The third kappa shape index (κ3) is 8.15. The molecule has 166 valence electrons. The molecule has 0 bridgehead atoms. The number of hydrogen-bond acceptors (Lipinski definition) is 4. The van der Waals surface area contributed by atoms with E-state index in [1.807, 2.05) is 7.05 Å². The van der Waals surface area contributed by atoms with Crippen molar-refractivity contribution < 1.29 is 0 Å². The summed E-state index contributed by atoms with van der Waals surface area (Å²) in [6.45, 7) is 7.52. The van der Waals surface area contributed by atoms with Gasteiger partial charge in [0.2, 0.25) is 0 Å². The second-order valence-electron chi connectivity index (χ2n) is 8.01. The van der Waals surface area contributed by atoms with Gasteiger partial charge in [0.25, 0.3) is 0 Å². The SMILES string of the molecule is CN=C(NCCCCc1nc(C)cs1)NC1CCN(Cc2ccccc2)C(C)C1.I. The number of unbranched alkanes of at least 4 members (excludes halogenated alkanes) is 1. The van der Waals surface area contributed by atoms with E-state index in [9.17, 15) is 0 Å². The van der Waals surface area contributed by atoms with Crippen molar-refractivity contribution in [1.82, 2.24) is 20.5 Å². The summed E-state index contributed by atoms with van der Waals surface area (Å²) in [4.78, 5) is 11.5. The molecule has 1 aliphatic heterocycles. The summed E-state index contributed by atoms with van der Waals surface area (Å²) in [7, 11) is 1.86. The van der Waals surface area contributed by atoms with Gasteiger partial charge in [-0.3, -0.25) is 9.89 Å². The second kappa shape index (κ2) is 13.3. The molecule has 0 amide bonds. The molecule has 2 atom stereocenters. The van der Waals surface area contributed by atoms with Crippen molar-refractivity contribution in [1.29, 1.82) is 0 Å². The molecule has 5 nitrogen and oxygen atoms in total. The predicted molar refractivity (Wildman–Crippen MR) is 139 cm³/mol. The van der Waals surface area contributed by atoms with Crippen LogP contribution in [0.3, 0.4) is 0 Å². The average Bonchev–Trinajstić information content (AvgIpc) is 3.14. The van der Waals surface area contributed by atoms with Crippen molar-refractivity contribution in [3.63, 3.8) is 0 Å². The van der Waals surface area contributed by atoms with E-state index >= 15 is 0 Å². The number of rotatable bonds is 8. The van der Waals surface area contributed by atoms with Crippen molar-refractivity contribution >= 4 is 41.3 Å². The van der Waals surface area contributed by atoms with Gasteiger partial charge in [0, 0.05) is 49.8 Å². The molecule has 1 aromatic carbocycles. The number of piperidine rings is 1. The van der Waals surface area contributed by atoms with Gasteiger partial charge in [-0.15, -0.1) is 35.3 Å². The van der Waals surface area contributed by atoms with Crippen LogP contribution in [0.4, 0.5) is 0 Å². The number of hydrogen-bond donors (Lipinski definition) is 2. The molecule has 0 aliphatic carbocycles. The average molecular weight is 542 g/mol. The largest absolute Gasteiger partial charge is 0.356 e. The Morgan fingerprint density at radius 1 is 1.27 bits per heavy atom. The first-order chi connectivity index (χ1) is 14.1. The summed E-state index contributed by atoms with van der Waals surface area (Å²) in [5, 5.41) is 10.5. The molecule has 1 aliphatic rings. The molecular weight excluding hydrogens is 505 g/mol. The highest BCUT2D eigenvalue weighted by atomic mass is 127. The zero-order valence-corrected chi connectivity index (χ0v) is 21.6. The number of aromatic nitrogens is 1. The predicted octanol–water partition coefficient (Wildman–Crippen LogP) is 4.61. The number of guanidine groups is 1. The van der Waals surface area contributed by atoms with Crippen LogP contribution in [-0.4, -0.2) is 48.1 Å². The third-order valence-corrected chi connectivity index (χ3v) is 6.61. The molecule has 0 radical (unpaired) electrons. The van der Waals surface area contributed by atoms with E-state index in [-0.39, 0.29) is 24.0 Å². The Morgan fingerprint density at radius 2 is 2.07 bits per heavy atom. The zero-order chi connectivity index (χ0) is 20.5. The lowest BCUT2D eigenvalue weighted by Gasteiger charge is -2.38. The van der Waals surface area contributed by atoms with Gasteiger partial charge in [0.15, 0.2) is 5.96 Å². The van der Waals surface area contributed by atoms with Crippen LogP contribution < -0.4 is 10.6 Å². The molecule has 1 aromatic heterocycles. The van der Waals surface area contributed by atoms with Crippen LogP contribution in [0.25, 0.3) is 0 Å². The topological polar surface area (TPSA) is 52.6 Å². The molecule has 2 N–H and O–H groups in total. The standard InChI is InChI=1S/C23H35N5S.HI/c1-18-17-29-22(26-18)11-7-8-13-25-23(24-3)27-21-12-14-28(19(2)15-21)16-20-9-5-4-6-10-20;/h4-6,9-10,17,19,21H,7-8,11-16H2,1-3H3,(H2,24,25,27);1H. The highest BCUT2D eigenvalue weighted by Gasteiger charge is 2.25. The Kier molecular flexibility index (Phi) is 11.1. The minimum absolute atomic E-state index is 0. The van der Waals surface area contributed by atoms with Crippen molar-refractivity contribution in [3.8, 4) is 0 Å². The van der Waals surface area contributed by atoms with Crippen molar-refractivity contribution in [2.75, 3.05) is 20.1 Å². The first-order valence-corrected chi connectivity index (χ1v) is 11.7. The molecular formula is C23H36IN5S. The molecule has 0 saturated carbocycles. The summed E-state index contributed by atoms with van der Waals surface area (Å²) in [5.41, 5.74) is 2.54. The maximum atomic E-state index is 4.53. The lowest BCUT2D eigenvalue weighted by molar-refractivity contribution is 0.134. The Morgan fingerprint density at radius 3 is 2.73 bits per heavy atom. The minimum atomic E-state index is 0. The quantitative estimate of drug-likeness (QED) is 0.222. The number of benzene rings is 1. The second-order valence-corrected chi connectivity index (χ2v) is 8.95. The van der Waals surface area contributed by atoms with Crippen LogP contribution >= 0.6 is 35.3 Å². The van der Waals surface area contributed by atoms with E-state index in [4.69, 9.17) is 0 Å². The molecule has 2 aromatic rings. The van der Waals surface area contributed by atoms with E-state index < -0.39 is 0 Å². The van der Waals surface area contributed by atoms with Crippen molar-refractivity contribution in [2.45, 2.75) is 64.6 Å². The molecule has 1 fully saturated rings. The number of thiazole rings is 1. The van der Waals surface area contributed by atoms with Gasteiger partial charge in [-0.05, 0) is 51.5 Å². The first kappa shape index (κ1) is 25.1. The van der Waals surface area contributed by atoms with Crippen LogP contribution in [0.15, 0.2) is 40.7 Å². The van der Waals surface area contributed by atoms with Gasteiger partial charge in [-0.2, -0.15) is 0 Å². The Hall–Kier alpha value is -1.19. The van der Waals surface area contributed by atoms with E-state index in [0.717, 1.165) is 63.4 Å². The number of nitrogens with zero attached hydrogens (tertiary/aromatic N) is 3. The van der Waals surface area contributed by atoms with Gasteiger partial charge in [-0.1, -0.05) is 30.3 Å². The highest BCUT2D eigenvalue weighted by Crippen LogP contribution is 2.20. The Labute approximate surface area is 202 Å². The molecule has 2 unspecified atom stereocenters. The fraction of sp³-hybridized carbons (Fsp3) is 0.565. The van der Waals surface area contributed by atoms with E-state index in [2.05, 4.69) is 75.1 Å². The Balaban J connectivity index is 0.00000320. The number of aliphatic imine (C=N–C) groups is 1. The zero-order valence-electron chi connectivity index (χ0n) is 18.4. The van der Waals surface area contributed by atoms with Crippen LogP contribution in [-0.2, 0) is 13.0 Å². The first-order valence-electron chi connectivity index (χ1n) is 10.8. The number of aryl methyl sites for hydroxylation is 2. The lowest BCUT2D eigenvalue weighted by atomic mass is 9.97.